The highest BCUT2D eigenvalue weighted by atomic mass is 19.1. The van der Waals surface area contributed by atoms with E-state index in [1.54, 1.807) is 12.1 Å². The summed E-state index contributed by atoms with van der Waals surface area (Å²) >= 11 is 0. The number of hydrogen-bond donors (Lipinski definition) is 1. The molecule has 0 fully saturated rings. The zero-order valence-corrected chi connectivity index (χ0v) is 10.2. The van der Waals surface area contributed by atoms with E-state index in [0.29, 0.717) is 6.42 Å². The summed E-state index contributed by atoms with van der Waals surface area (Å²) in [5, 5.41) is 3.27. The summed E-state index contributed by atoms with van der Waals surface area (Å²) < 4.78 is 12.8. The first-order valence-corrected chi connectivity index (χ1v) is 6.03. The fourth-order valence-corrected chi connectivity index (χ4v) is 2.26. The van der Waals surface area contributed by atoms with Crippen LogP contribution in [0.2, 0.25) is 0 Å². The third-order valence-corrected chi connectivity index (χ3v) is 3.22. The van der Waals surface area contributed by atoms with Crippen LogP contribution >= 0.6 is 0 Å². The molecular formula is C14H14FN3. The lowest BCUT2D eigenvalue weighted by Crippen LogP contribution is -2.04. The summed E-state index contributed by atoms with van der Waals surface area (Å²) in [5.41, 5.74) is 4.39. The summed E-state index contributed by atoms with van der Waals surface area (Å²) in [6, 6.07) is 6.49. The lowest BCUT2D eigenvalue weighted by atomic mass is 10.1. The van der Waals surface area contributed by atoms with Crippen LogP contribution in [0.25, 0.3) is 0 Å². The molecule has 0 amide bonds. The lowest BCUT2D eigenvalue weighted by Gasteiger charge is -2.06. The fourth-order valence-electron chi connectivity index (χ4n) is 2.26. The van der Waals surface area contributed by atoms with E-state index in [4.69, 9.17) is 0 Å². The summed E-state index contributed by atoms with van der Waals surface area (Å²) in [5.74, 6) is 0.593. The van der Waals surface area contributed by atoms with E-state index in [1.165, 1.54) is 17.7 Å². The molecule has 0 saturated heterocycles. The molecule has 0 unspecified atom stereocenters. The maximum atomic E-state index is 12.8. The minimum atomic E-state index is -0.214. The molecule has 1 N–H and O–H groups in total. The molecule has 0 bridgehead atoms. The Balaban J connectivity index is 1.89. The van der Waals surface area contributed by atoms with Gasteiger partial charge in [-0.05, 0) is 24.6 Å². The molecule has 18 heavy (non-hydrogen) atoms. The molecule has 3 nitrogen and oxygen atoms in total. The number of benzene rings is 1. The Morgan fingerprint density at radius 3 is 2.72 bits per heavy atom. The van der Waals surface area contributed by atoms with Crippen molar-refractivity contribution in [3.63, 3.8) is 0 Å². The topological polar surface area (TPSA) is 37.8 Å². The predicted octanol–water partition coefficient (Wildman–Crippen LogP) is 2.12. The Hall–Kier alpha value is -1.81. The van der Waals surface area contributed by atoms with Crippen molar-refractivity contribution in [1.29, 1.82) is 0 Å². The molecule has 1 aliphatic rings. The summed E-state index contributed by atoms with van der Waals surface area (Å²) in [4.78, 5) is 9.08. The molecular weight excluding hydrogens is 229 g/mol. The Morgan fingerprint density at radius 2 is 1.94 bits per heavy atom. The molecule has 0 spiro atoms. The lowest BCUT2D eigenvalue weighted by molar-refractivity contribution is 0.627. The van der Waals surface area contributed by atoms with Crippen molar-refractivity contribution in [2.75, 3.05) is 0 Å². The molecule has 2 heterocycles. The Kier molecular flexibility index (Phi) is 2.80. The molecule has 2 aromatic rings. The highest BCUT2D eigenvalue weighted by Gasteiger charge is 2.16. The highest BCUT2D eigenvalue weighted by Crippen LogP contribution is 2.17. The number of halogens is 1. The van der Waals surface area contributed by atoms with Gasteiger partial charge in [0, 0.05) is 30.8 Å². The van der Waals surface area contributed by atoms with Crippen LogP contribution in [0.1, 0.15) is 28.3 Å². The molecule has 0 aliphatic carbocycles. The first kappa shape index (κ1) is 11.3. The van der Waals surface area contributed by atoms with Crippen molar-refractivity contribution < 1.29 is 4.39 Å². The van der Waals surface area contributed by atoms with Crippen molar-refractivity contribution in [3.05, 3.63) is 58.4 Å². The van der Waals surface area contributed by atoms with Gasteiger partial charge in [0.2, 0.25) is 0 Å². The van der Waals surface area contributed by atoms with Crippen LogP contribution in [0.4, 0.5) is 4.39 Å². The van der Waals surface area contributed by atoms with E-state index in [0.717, 1.165) is 35.9 Å². The van der Waals surface area contributed by atoms with Gasteiger partial charge in [-0.15, -0.1) is 0 Å². The molecule has 1 aliphatic heterocycles. The van der Waals surface area contributed by atoms with Gasteiger partial charge in [-0.3, -0.25) is 0 Å². The number of rotatable bonds is 2. The van der Waals surface area contributed by atoms with Crippen molar-refractivity contribution in [2.45, 2.75) is 26.4 Å². The zero-order chi connectivity index (χ0) is 12.5. The molecule has 92 valence electrons. The Bertz CT molecular complexity index is 578. The van der Waals surface area contributed by atoms with E-state index in [2.05, 4.69) is 15.3 Å². The highest BCUT2D eigenvalue weighted by molar-refractivity contribution is 5.29. The normalized spacial score (nSPS) is 13.7. The Labute approximate surface area is 105 Å². The third kappa shape index (κ3) is 2.11. The van der Waals surface area contributed by atoms with Crippen LogP contribution in [-0.2, 0) is 19.5 Å². The summed E-state index contributed by atoms with van der Waals surface area (Å²) in [6.07, 6.45) is 0.647. The molecule has 0 atom stereocenters. The van der Waals surface area contributed by atoms with Crippen molar-refractivity contribution in [2.24, 2.45) is 0 Å². The summed E-state index contributed by atoms with van der Waals surface area (Å²) in [6.45, 7) is 3.69. The van der Waals surface area contributed by atoms with Crippen LogP contribution in [0.3, 0.4) is 0 Å². The Morgan fingerprint density at radius 1 is 1.17 bits per heavy atom. The average molecular weight is 243 g/mol. The molecule has 1 aromatic carbocycles. The number of fused-ring (bicyclic) bond motifs is 1. The molecule has 4 heteroatoms. The van der Waals surface area contributed by atoms with Gasteiger partial charge in [-0.2, -0.15) is 0 Å². The largest absolute Gasteiger partial charge is 0.307 e. The maximum Gasteiger partial charge on any atom is 0.133 e. The minimum absolute atomic E-state index is 0.214. The van der Waals surface area contributed by atoms with Gasteiger partial charge in [0.05, 0.1) is 5.69 Å². The molecule has 1 aromatic heterocycles. The van der Waals surface area contributed by atoms with Gasteiger partial charge in [0.1, 0.15) is 11.6 Å². The van der Waals surface area contributed by atoms with E-state index in [1.807, 2.05) is 6.92 Å². The smallest absolute Gasteiger partial charge is 0.133 e. The number of aromatic nitrogens is 2. The van der Waals surface area contributed by atoms with Gasteiger partial charge in [-0.25, -0.2) is 14.4 Å². The van der Waals surface area contributed by atoms with Crippen LogP contribution in [0.15, 0.2) is 24.3 Å². The van der Waals surface area contributed by atoms with Gasteiger partial charge in [0.25, 0.3) is 0 Å². The van der Waals surface area contributed by atoms with Gasteiger partial charge >= 0.3 is 0 Å². The quantitative estimate of drug-likeness (QED) is 0.878. The number of hydrogen-bond acceptors (Lipinski definition) is 3. The summed E-state index contributed by atoms with van der Waals surface area (Å²) in [7, 11) is 0. The van der Waals surface area contributed by atoms with Gasteiger partial charge < -0.3 is 5.32 Å². The minimum Gasteiger partial charge on any atom is -0.307 e. The van der Waals surface area contributed by atoms with Crippen molar-refractivity contribution >= 4 is 0 Å². The third-order valence-electron chi connectivity index (χ3n) is 3.22. The second-order valence-electron chi connectivity index (χ2n) is 4.56. The van der Waals surface area contributed by atoms with Crippen LogP contribution in [0, 0.1) is 12.7 Å². The van der Waals surface area contributed by atoms with Crippen LogP contribution in [0.5, 0.6) is 0 Å². The monoisotopic (exact) mass is 243 g/mol. The SMILES string of the molecule is Cc1nc(Cc2ccc(F)cc2)nc2c1CNC2. The second-order valence-corrected chi connectivity index (χ2v) is 4.56. The molecule has 0 saturated carbocycles. The van der Waals surface area contributed by atoms with E-state index < -0.39 is 0 Å². The van der Waals surface area contributed by atoms with Gasteiger partial charge in [-0.1, -0.05) is 12.1 Å². The van der Waals surface area contributed by atoms with Crippen molar-refractivity contribution in [1.82, 2.24) is 15.3 Å². The second kappa shape index (κ2) is 4.46. The van der Waals surface area contributed by atoms with Gasteiger partial charge in [0.15, 0.2) is 0 Å². The van der Waals surface area contributed by atoms with E-state index in [9.17, 15) is 4.39 Å². The number of aryl methyl sites for hydroxylation is 1. The van der Waals surface area contributed by atoms with Crippen molar-refractivity contribution in [3.8, 4) is 0 Å². The van der Waals surface area contributed by atoms with Crippen LogP contribution in [-0.4, -0.2) is 9.97 Å². The van der Waals surface area contributed by atoms with Crippen LogP contribution < -0.4 is 5.32 Å². The molecule has 3 rings (SSSR count). The fraction of sp³-hybridized carbons (Fsp3) is 0.286. The maximum absolute atomic E-state index is 12.8. The first-order chi connectivity index (χ1) is 8.72. The average Bonchev–Trinajstić information content (AvgIpc) is 2.81. The number of nitrogens with zero attached hydrogens (tertiary/aromatic N) is 2. The van der Waals surface area contributed by atoms with E-state index >= 15 is 0 Å². The predicted molar refractivity (Wildman–Crippen MR) is 66.5 cm³/mol. The zero-order valence-electron chi connectivity index (χ0n) is 10.2. The van der Waals surface area contributed by atoms with E-state index in [-0.39, 0.29) is 5.82 Å². The first-order valence-electron chi connectivity index (χ1n) is 6.03. The number of nitrogens with one attached hydrogen (secondary N) is 1. The standard InChI is InChI=1S/C14H14FN3/c1-9-12-7-16-8-13(12)18-14(17-9)6-10-2-4-11(15)5-3-10/h2-5,16H,6-8H2,1H3. The molecule has 0 radical (unpaired) electrons.